The van der Waals surface area contributed by atoms with Crippen molar-refractivity contribution in [2.75, 3.05) is 13.7 Å². The molecule has 2 unspecified atom stereocenters. The van der Waals surface area contributed by atoms with Gasteiger partial charge in [-0.15, -0.1) is 0 Å². The van der Waals surface area contributed by atoms with Crippen LogP contribution in [0.2, 0.25) is 0 Å². The van der Waals surface area contributed by atoms with Crippen molar-refractivity contribution in [3.63, 3.8) is 0 Å². The summed E-state index contributed by atoms with van der Waals surface area (Å²) in [5.41, 5.74) is 1.48. The molecular formula is C25H38BrNO3S. The van der Waals surface area contributed by atoms with Crippen molar-refractivity contribution >= 4 is 26.9 Å². The van der Waals surface area contributed by atoms with Crippen molar-refractivity contribution in [3.05, 3.63) is 46.1 Å². The molecule has 1 saturated carbocycles. The number of nitrogens with one attached hydrogen (secondary N) is 1. The molecule has 0 heterocycles. The molecule has 2 aliphatic carbocycles. The molecule has 1 fully saturated rings. The van der Waals surface area contributed by atoms with Gasteiger partial charge in [-0.25, -0.2) is 8.93 Å². The highest BCUT2D eigenvalue weighted by molar-refractivity contribution is 9.10. The van der Waals surface area contributed by atoms with Gasteiger partial charge in [-0.3, -0.25) is 0 Å². The number of hydrogen-bond donors (Lipinski definition) is 1. The minimum atomic E-state index is -1.30. The molecule has 0 radical (unpaired) electrons. The van der Waals surface area contributed by atoms with Crippen LogP contribution < -0.4 is 4.72 Å². The SMILES string of the molecule is C=C(OCC)[C@]1(N[S@@](=O)C(C)(C)C)c2cc(Br)ccc2CC12C[C@@H](C)C(OC)[C@@H](C)C2. The summed E-state index contributed by atoms with van der Waals surface area (Å²) in [6.07, 6.45) is 3.01. The Kier molecular flexibility index (Phi) is 7.18. The lowest BCUT2D eigenvalue weighted by Gasteiger charge is -2.54. The molecule has 2 aliphatic rings. The van der Waals surface area contributed by atoms with E-state index in [1.54, 1.807) is 0 Å². The van der Waals surface area contributed by atoms with Gasteiger partial charge in [0.05, 0.1) is 28.4 Å². The summed E-state index contributed by atoms with van der Waals surface area (Å²) in [5.74, 6) is 1.40. The molecule has 0 bridgehead atoms. The normalized spacial score (nSPS) is 33.9. The van der Waals surface area contributed by atoms with E-state index in [0.29, 0.717) is 24.2 Å². The van der Waals surface area contributed by atoms with Crippen LogP contribution >= 0.6 is 15.9 Å². The summed E-state index contributed by atoms with van der Waals surface area (Å²) in [6, 6.07) is 6.46. The Hall–Kier alpha value is -0.690. The second-order valence-electron chi connectivity index (χ2n) is 10.4. The number of benzene rings is 1. The zero-order valence-corrected chi connectivity index (χ0v) is 22.4. The smallest absolute Gasteiger partial charge is 0.118 e. The molecule has 0 amide bonds. The van der Waals surface area contributed by atoms with Gasteiger partial charge in [0.25, 0.3) is 0 Å². The van der Waals surface area contributed by atoms with E-state index >= 15 is 0 Å². The van der Waals surface area contributed by atoms with Crippen LogP contribution in [0.25, 0.3) is 0 Å². The summed E-state index contributed by atoms with van der Waals surface area (Å²) in [6.45, 7) is 17.5. The van der Waals surface area contributed by atoms with E-state index in [-0.39, 0.29) is 11.5 Å². The zero-order chi connectivity index (χ0) is 23.2. The van der Waals surface area contributed by atoms with E-state index in [9.17, 15) is 4.21 Å². The average Bonchev–Trinajstić information content (AvgIpc) is 2.90. The minimum absolute atomic E-state index is 0.197. The van der Waals surface area contributed by atoms with Gasteiger partial charge in [-0.05, 0) is 82.1 Å². The van der Waals surface area contributed by atoms with Crippen LogP contribution in [0.15, 0.2) is 35.0 Å². The summed E-state index contributed by atoms with van der Waals surface area (Å²) in [4.78, 5) is 0. The van der Waals surface area contributed by atoms with Gasteiger partial charge < -0.3 is 9.47 Å². The van der Waals surface area contributed by atoms with Crippen molar-refractivity contribution in [2.24, 2.45) is 17.3 Å². The topological polar surface area (TPSA) is 47.6 Å². The maximum atomic E-state index is 13.6. The molecule has 174 valence electrons. The molecule has 1 N–H and O–H groups in total. The maximum absolute atomic E-state index is 13.6. The van der Waals surface area contributed by atoms with Crippen molar-refractivity contribution in [3.8, 4) is 0 Å². The second kappa shape index (κ2) is 8.92. The largest absolute Gasteiger partial charge is 0.496 e. The highest BCUT2D eigenvalue weighted by atomic mass is 79.9. The Bertz CT molecular complexity index is 853. The Morgan fingerprint density at radius 1 is 1.29 bits per heavy atom. The van der Waals surface area contributed by atoms with Crippen LogP contribution in [0.5, 0.6) is 0 Å². The van der Waals surface area contributed by atoms with Crippen molar-refractivity contribution in [1.82, 2.24) is 4.72 Å². The number of hydrogen-bond acceptors (Lipinski definition) is 3. The fraction of sp³-hybridized carbons (Fsp3) is 0.680. The summed E-state index contributed by atoms with van der Waals surface area (Å²) < 4.78 is 29.8. The predicted octanol–water partition coefficient (Wildman–Crippen LogP) is 5.87. The Morgan fingerprint density at radius 2 is 1.90 bits per heavy atom. The number of methoxy groups -OCH3 is 1. The molecule has 1 aromatic rings. The van der Waals surface area contributed by atoms with E-state index in [4.69, 9.17) is 9.47 Å². The van der Waals surface area contributed by atoms with Crippen molar-refractivity contribution in [2.45, 2.75) is 77.2 Å². The second-order valence-corrected chi connectivity index (χ2v) is 13.3. The van der Waals surface area contributed by atoms with Crippen LogP contribution in [0, 0.1) is 17.3 Å². The van der Waals surface area contributed by atoms with Crippen LogP contribution in [0.1, 0.15) is 65.5 Å². The van der Waals surface area contributed by atoms with E-state index in [1.807, 2.05) is 34.8 Å². The molecule has 0 aliphatic heterocycles. The van der Waals surface area contributed by atoms with E-state index in [1.165, 1.54) is 5.56 Å². The Labute approximate surface area is 199 Å². The molecule has 31 heavy (non-hydrogen) atoms. The van der Waals surface area contributed by atoms with Crippen molar-refractivity contribution < 1.29 is 13.7 Å². The monoisotopic (exact) mass is 511 g/mol. The van der Waals surface area contributed by atoms with Crippen LogP contribution in [0.3, 0.4) is 0 Å². The number of ether oxygens (including phenoxy) is 2. The van der Waals surface area contributed by atoms with E-state index < -0.39 is 21.3 Å². The summed E-state index contributed by atoms with van der Waals surface area (Å²) >= 11 is 3.67. The van der Waals surface area contributed by atoms with Gasteiger partial charge in [0.15, 0.2) is 0 Å². The first kappa shape index (κ1) is 24.9. The molecular weight excluding hydrogens is 474 g/mol. The van der Waals surface area contributed by atoms with Crippen LogP contribution in [0.4, 0.5) is 0 Å². The van der Waals surface area contributed by atoms with E-state index in [0.717, 1.165) is 29.3 Å². The zero-order valence-electron chi connectivity index (χ0n) is 20.0. The predicted molar refractivity (Wildman–Crippen MR) is 132 cm³/mol. The molecule has 6 atom stereocenters. The average molecular weight is 513 g/mol. The Morgan fingerprint density at radius 3 is 2.42 bits per heavy atom. The number of halogens is 1. The number of fused-ring (bicyclic) bond motifs is 1. The lowest BCUT2D eigenvalue weighted by molar-refractivity contribution is -0.0800. The quantitative estimate of drug-likeness (QED) is 0.485. The van der Waals surface area contributed by atoms with Crippen LogP contribution in [-0.2, 0) is 32.4 Å². The molecule has 0 saturated heterocycles. The first-order valence-corrected chi connectivity index (χ1v) is 13.2. The summed E-state index contributed by atoms with van der Waals surface area (Å²) in [7, 11) is 0.512. The fourth-order valence-electron chi connectivity index (χ4n) is 6.10. The van der Waals surface area contributed by atoms with Gasteiger partial charge in [0.1, 0.15) is 11.3 Å². The van der Waals surface area contributed by atoms with E-state index in [2.05, 4.69) is 59.3 Å². The highest BCUT2D eigenvalue weighted by Crippen LogP contribution is 2.63. The van der Waals surface area contributed by atoms with Gasteiger partial charge in [0, 0.05) is 17.0 Å². The lowest BCUT2D eigenvalue weighted by Crippen LogP contribution is -2.61. The lowest BCUT2D eigenvalue weighted by atomic mass is 9.56. The molecule has 6 heteroatoms. The third kappa shape index (κ3) is 4.18. The molecule has 4 nitrogen and oxygen atoms in total. The highest BCUT2D eigenvalue weighted by Gasteiger charge is 2.64. The Balaban J connectivity index is 2.26. The minimum Gasteiger partial charge on any atom is -0.496 e. The first-order chi connectivity index (χ1) is 14.4. The van der Waals surface area contributed by atoms with Crippen LogP contribution in [-0.4, -0.2) is 28.8 Å². The molecule has 0 aromatic heterocycles. The maximum Gasteiger partial charge on any atom is 0.118 e. The fourth-order valence-corrected chi connectivity index (χ4v) is 7.49. The van der Waals surface area contributed by atoms with Gasteiger partial charge in [-0.1, -0.05) is 42.4 Å². The van der Waals surface area contributed by atoms with Crippen molar-refractivity contribution in [1.29, 1.82) is 0 Å². The third-order valence-corrected chi connectivity index (χ3v) is 9.26. The molecule has 1 aromatic carbocycles. The molecule has 1 spiro atoms. The summed E-state index contributed by atoms with van der Waals surface area (Å²) in [5, 5.41) is 0. The molecule has 3 rings (SSSR count). The third-order valence-electron chi connectivity index (χ3n) is 7.16. The first-order valence-electron chi connectivity index (χ1n) is 11.3. The van der Waals surface area contributed by atoms with Gasteiger partial charge in [0.2, 0.25) is 0 Å². The number of rotatable bonds is 6. The van der Waals surface area contributed by atoms with Gasteiger partial charge in [-0.2, -0.15) is 0 Å². The van der Waals surface area contributed by atoms with Gasteiger partial charge >= 0.3 is 0 Å². The standard InChI is InChI=1S/C25H38BrNO3S/c1-9-30-18(4)25(27-31(28)23(5,6)7)21-12-20(26)11-10-19(21)15-24(25)13-16(2)22(29-8)17(3)14-24/h10-12,16-17,22,27H,4,9,13-15H2,1-3,5-8H3/t16-,17+,22?,24?,25-,31-/m0/s1.